The summed E-state index contributed by atoms with van der Waals surface area (Å²) in [7, 11) is -1.23. The van der Waals surface area contributed by atoms with Crippen LogP contribution >= 0.6 is 0 Å². The smallest absolute Gasteiger partial charge is 0.305 e. The average molecular weight is 458 g/mol. The molecule has 2 aromatic carbocycles. The van der Waals surface area contributed by atoms with Crippen LogP contribution < -0.4 is 11.2 Å². The van der Waals surface area contributed by atoms with Crippen LogP contribution in [0.15, 0.2) is 58.5 Å². The molecule has 0 spiro atoms. The lowest BCUT2D eigenvalue weighted by molar-refractivity contribution is -0.143. The molecule has 0 aliphatic heterocycles. The summed E-state index contributed by atoms with van der Waals surface area (Å²) in [6.45, 7) is 2.11. The number of nitrogens with two attached hydrogens (primary N) is 1. The molecule has 0 saturated carbocycles. The Morgan fingerprint density at radius 2 is 1.88 bits per heavy atom. The minimum Gasteiger partial charge on any atom is -0.466 e. The Morgan fingerprint density at radius 3 is 2.59 bits per heavy atom. The normalized spacial score (nSPS) is 11.9. The van der Waals surface area contributed by atoms with Gasteiger partial charge in [0.15, 0.2) is 0 Å². The summed E-state index contributed by atoms with van der Waals surface area (Å²) in [5.41, 5.74) is 2.79. The van der Waals surface area contributed by atoms with Gasteiger partial charge in [-0.2, -0.15) is 5.10 Å². The van der Waals surface area contributed by atoms with Crippen LogP contribution in [0, 0.1) is 0 Å². The third-order valence-corrected chi connectivity index (χ3v) is 6.16. The van der Waals surface area contributed by atoms with Gasteiger partial charge in [-0.15, -0.1) is 0 Å². The van der Waals surface area contributed by atoms with Crippen LogP contribution in [-0.4, -0.2) is 34.7 Å². The fraction of sp³-hybridized carbons (Fsp3) is 0.375. The summed E-state index contributed by atoms with van der Waals surface area (Å²) in [6, 6.07) is 15.0. The molecular weight excluding hydrogens is 426 g/mol. The number of hydrogen-bond donors (Lipinski definition) is 2. The molecule has 32 heavy (non-hydrogen) atoms. The number of nitrogens with zero attached hydrogens (tertiary/aromatic N) is 1. The molecule has 0 aromatic heterocycles. The zero-order chi connectivity index (χ0) is 23.2. The van der Waals surface area contributed by atoms with Crippen LogP contribution in [0.2, 0.25) is 0 Å². The van der Waals surface area contributed by atoms with Gasteiger partial charge >= 0.3 is 5.97 Å². The number of nitrogens with one attached hydrogen (secondary N) is 1. The van der Waals surface area contributed by atoms with Gasteiger partial charge in [-0.1, -0.05) is 30.3 Å². The molecular formula is C24H31N3O4S. The fourth-order valence-electron chi connectivity index (χ4n) is 3.11. The summed E-state index contributed by atoms with van der Waals surface area (Å²) < 4.78 is 17.3. The first-order valence-electron chi connectivity index (χ1n) is 10.8. The number of carbonyl (C=O) groups excluding carboxylic acids is 2. The molecule has 0 heterocycles. The first kappa shape index (κ1) is 25.3. The van der Waals surface area contributed by atoms with Crippen LogP contribution in [0.5, 0.6) is 0 Å². The number of anilines is 1. The van der Waals surface area contributed by atoms with Crippen molar-refractivity contribution in [3.8, 4) is 0 Å². The fourth-order valence-corrected chi connectivity index (χ4v) is 4.24. The number of benzene rings is 2. The van der Waals surface area contributed by atoms with E-state index >= 15 is 0 Å². The van der Waals surface area contributed by atoms with Gasteiger partial charge in [0.2, 0.25) is 5.91 Å². The van der Waals surface area contributed by atoms with Crippen molar-refractivity contribution in [2.24, 2.45) is 10.9 Å². The van der Waals surface area contributed by atoms with Crippen LogP contribution in [0.1, 0.15) is 50.2 Å². The number of aryl methyl sites for hydroxylation is 1. The van der Waals surface area contributed by atoms with E-state index in [0.29, 0.717) is 35.8 Å². The van der Waals surface area contributed by atoms with Crippen LogP contribution in [0.3, 0.4) is 0 Å². The van der Waals surface area contributed by atoms with Crippen molar-refractivity contribution >= 4 is 34.6 Å². The van der Waals surface area contributed by atoms with Crippen molar-refractivity contribution in [3.05, 3.63) is 59.7 Å². The lowest BCUT2D eigenvalue weighted by atomic mass is 10.1. The van der Waals surface area contributed by atoms with E-state index < -0.39 is 10.8 Å². The van der Waals surface area contributed by atoms with Crippen molar-refractivity contribution in [3.63, 3.8) is 0 Å². The van der Waals surface area contributed by atoms with Gasteiger partial charge in [0, 0.05) is 29.2 Å². The van der Waals surface area contributed by atoms with Gasteiger partial charge in [-0.3, -0.25) is 13.8 Å². The Balaban J connectivity index is 1.72. The topological polar surface area (TPSA) is 111 Å². The highest BCUT2D eigenvalue weighted by molar-refractivity contribution is 7.85. The third kappa shape index (κ3) is 9.43. The van der Waals surface area contributed by atoms with Crippen molar-refractivity contribution in [2.75, 3.05) is 17.7 Å². The van der Waals surface area contributed by atoms with Gasteiger partial charge in [-0.05, 0) is 61.9 Å². The van der Waals surface area contributed by atoms with E-state index in [-0.39, 0.29) is 18.3 Å². The second kappa shape index (κ2) is 14.1. The molecule has 0 saturated heterocycles. The quantitative estimate of drug-likeness (QED) is 0.156. The zero-order valence-electron chi connectivity index (χ0n) is 18.4. The van der Waals surface area contributed by atoms with Crippen molar-refractivity contribution in [2.45, 2.75) is 50.3 Å². The number of unbranched alkanes of at least 4 members (excludes halogenated alkanes) is 1. The summed E-state index contributed by atoms with van der Waals surface area (Å²) in [6.07, 6.45) is 5.34. The van der Waals surface area contributed by atoms with Crippen LogP contribution in [-0.2, 0) is 31.5 Å². The predicted octanol–water partition coefficient (Wildman–Crippen LogP) is 3.78. The summed E-state index contributed by atoms with van der Waals surface area (Å²) >= 11 is 0. The third-order valence-electron chi connectivity index (χ3n) is 4.72. The van der Waals surface area contributed by atoms with Gasteiger partial charge in [-0.25, -0.2) is 0 Å². The number of esters is 1. The average Bonchev–Trinajstić information content (AvgIpc) is 2.78. The van der Waals surface area contributed by atoms with Gasteiger partial charge in [0.25, 0.3) is 0 Å². The molecule has 8 heteroatoms. The van der Waals surface area contributed by atoms with Gasteiger partial charge in [0.1, 0.15) is 0 Å². The highest BCUT2D eigenvalue weighted by Crippen LogP contribution is 2.16. The molecule has 1 atom stereocenters. The highest BCUT2D eigenvalue weighted by atomic mass is 32.2. The van der Waals surface area contributed by atoms with Crippen molar-refractivity contribution < 1.29 is 18.5 Å². The number of amides is 1. The molecule has 0 radical (unpaired) electrons. The predicted molar refractivity (Wildman–Crippen MR) is 128 cm³/mol. The molecule has 0 fully saturated rings. The second-order valence-electron chi connectivity index (χ2n) is 7.26. The zero-order valence-corrected chi connectivity index (χ0v) is 19.2. The number of hydrogen-bond acceptors (Lipinski definition) is 6. The Morgan fingerprint density at radius 1 is 1.09 bits per heavy atom. The molecule has 1 unspecified atom stereocenters. The number of hydrazone groups is 1. The van der Waals surface area contributed by atoms with Crippen LogP contribution in [0.25, 0.3) is 0 Å². The molecule has 3 N–H and O–H groups in total. The lowest BCUT2D eigenvalue weighted by Crippen LogP contribution is -2.11. The number of ether oxygens (including phenoxy) is 1. The largest absolute Gasteiger partial charge is 0.466 e. The molecule has 172 valence electrons. The standard InChI is InChI=1S/C24H31N3O4S/c1-2-31-24(29)11-6-16-32(30)22-9-5-8-21(17-22)27-23(28)10-4-3-7-19-12-14-20(15-13-19)18-26-25/h5,8-9,12-15,17-18H,2-4,6-7,10-11,16,25H2,1H3,(H,27,28)/b26-18+. The Hall–Kier alpha value is -3.00. The first-order chi connectivity index (χ1) is 15.5. The molecule has 1 amide bonds. The maximum Gasteiger partial charge on any atom is 0.305 e. The lowest BCUT2D eigenvalue weighted by Gasteiger charge is -2.08. The van der Waals surface area contributed by atoms with Crippen LogP contribution in [0.4, 0.5) is 5.69 Å². The molecule has 2 aromatic rings. The monoisotopic (exact) mass is 457 g/mol. The summed E-state index contributed by atoms with van der Waals surface area (Å²) in [5, 5.41) is 6.38. The van der Waals surface area contributed by atoms with Crippen molar-refractivity contribution in [1.29, 1.82) is 0 Å². The molecule has 0 bridgehead atoms. The van der Waals surface area contributed by atoms with Crippen molar-refractivity contribution in [1.82, 2.24) is 0 Å². The Kier molecular flexibility index (Phi) is 11.2. The van der Waals surface area contributed by atoms with E-state index in [4.69, 9.17) is 10.6 Å². The van der Waals surface area contributed by atoms with Gasteiger partial charge in [0.05, 0.1) is 23.6 Å². The number of rotatable bonds is 13. The van der Waals surface area contributed by atoms with E-state index in [1.54, 1.807) is 37.4 Å². The van der Waals surface area contributed by atoms with E-state index in [9.17, 15) is 13.8 Å². The Bertz CT molecular complexity index is 929. The molecule has 0 aliphatic carbocycles. The van der Waals surface area contributed by atoms with E-state index in [1.807, 2.05) is 24.3 Å². The van der Waals surface area contributed by atoms with E-state index in [1.165, 1.54) is 5.56 Å². The highest BCUT2D eigenvalue weighted by Gasteiger charge is 2.09. The Labute approximate surface area is 191 Å². The maximum absolute atomic E-state index is 12.5. The summed E-state index contributed by atoms with van der Waals surface area (Å²) in [4.78, 5) is 24.3. The molecule has 0 aliphatic rings. The second-order valence-corrected chi connectivity index (χ2v) is 8.83. The minimum atomic E-state index is -1.23. The van der Waals surface area contributed by atoms with E-state index in [0.717, 1.165) is 24.8 Å². The minimum absolute atomic E-state index is 0.0650. The van der Waals surface area contributed by atoms with Gasteiger partial charge < -0.3 is 15.9 Å². The molecule has 2 rings (SSSR count). The number of carbonyl (C=O) groups is 2. The first-order valence-corrected chi connectivity index (χ1v) is 12.1. The molecule has 7 nitrogen and oxygen atoms in total. The summed E-state index contributed by atoms with van der Waals surface area (Å²) in [5.74, 6) is 5.17. The maximum atomic E-state index is 12.5. The van der Waals surface area contributed by atoms with E-state index in [2.05, 4.69) is 10.4 Å². The SMILES string of the molecule is CCOC(=O)CCCS(=O)c1cccc(NC(=O)CCCCc2ccc(/C=N/N)cc2)c1.